The van der Waals surface area contributed by atoms with Gasteiger partial charge >= 0.3 is 97.0 Å². The molecule has 92 valence electrons. The Kier molecular flexibility index (Phi) is 14.1. The van der Waals surface area contributed by atoms with Gasteiger partial charge in [0.25, 0.3) is 0 Å². The normalized spacial score (nSPS) is 12.4. The third kappa shape index (κ3) is 12.9. The number of rotatable bonds is 8. The van der Waals surface area contributed by atoms with E-state index in [1.54, 1.807) is 0 Å². The molecule has 0 amide bonds. The molecule has 0 heterocycles. The summed E-state index contributed by atoms with van der Waals surface area (Å²) in [6, 6.07) is 0.363. The molecule has 0 aromatic carbocycles. The first kappa shape index (κ1) is 18.4. The second-order valence-corrected chi connectivity index (χ2v) is 11.8. The molecule has 0 spiro atoms. The molecular formula is C11H26ClNOSn. The van der Waals surface area contributed by atoms with Crippen molar-refractivity contribution in [2.45, 2.75) is 55.5 Å². The first-order chi connectivity index (χ1) is 6.56. The molecule has 0 aliphatic carbocycles. The van der Waals surface area contributed by atoms with Gasteiger partial charge in [0.2, 0.25) is 0 Å². The zero-order valence-electron chi connectivity index (χ0n) is 10.6. The van der Waals surface area contributed by atoms with Gasteiger partial charge in [-0.2, -0.15) is 0 Å². The summed E-state index contributed by atoms with van der Waals surface area (Å²) in [7, 11) is 0. The summed E-state index contributed by atoms with van der Waals surface area (Å²) < 4.78 is 8.66. The van der Waals surface area contributed by atoms with Gasteiger partial charge in [0, 0.05) is 0 Å². The molecule has 1 unspecified atom stereocenters. The largest absolute Gasteiger partial charge is 1.00 e. The first-order valence-corrected chi connectivity index (χ1v) is 11.0. The maximum atomic E-state index is 5.99. The molecule has 0 radical (unpaired) electrons. The Morgan fingerprint density at radius 1 is 1.27 bits per heavy atom. The second kappa shape index (κ2) is 11.5. The van der Waals surface area contributed by atoms with Gasteiger partial charge in [0.1, 0.15) is 0 Å². The van der Waals surface area contributed by atoms with E-state index in [0.29, 0.717) is 12.0 Å². The van der Waals surface area contributed by atoms with Gasteiger partial charge in [0.05, 0.1) is 0 Å². The Labute approximate surface area is 109 Å². The van der Waals surface area contributed by atoms with Gasteiger partial charge in [0.15, 0.2) is 0 Å². The number of hydrogen-bond donors (Lipinski definition) is 1. The molecule has 0 aliphatic heterocycles. The van der Waals surface area contributed by atoms with Gasteiger partial charge < -0.3 is 12.4 Å². The van der Waals surface area contributed by atoms with Crippen molar-refractivity contribution < 1.29 is 15.5 Å². The predicted molar refractivity (Wildman–Crippen MR) is 64.7 cm³/mol. The summed E-state index contributed by atoms with van der Waals surface area (Å²) in [5.41, 5.74) is 5.72. The average Bonchev–Trinajstić information content (AvgIpc) is 2.10. The molecule has 0 bridgehead atoms. The first-order valence-electron chi connectivity index (χ1n) is 5.79. The maximum Gasteiger partial charge on any atom is -1.00 e. The van der Waals surface area contributed by atoms with Crippen LogP contribution in [0, 0.1) is 5.92 Å². The Hall–Kier alpha value is 1.01. The summed E-state index contributed by atoms with van der Waals surface area (Å²) in [5, 5.41) is 0. The van der Waals surface area contributed by atoms with Crippen LogP contribution in [0.25, 0.3) is 0 Å². The topological polar surface area (TPSA) is 35.2 Å². The van der Waals surface area contributed by atoms with E-state index in [0.717, 1.165) is 13.0 Å². The van der Waals surface area contributed by atoms with E-state index in [-0.39, 0.29) is 12.4 Å². The van der Waals surface area contributed by atoms with Crippen LogP contribution in [0.3, 0.4) is 0 Å². The third-order valence-electron chi connectivity index (χ3n) is 2.13. The van der Waals surface area contributed by atoms with Gasteiger partial charge in [-0.25, -0.2) is 0 Å². The van der Waals surface area contributed by atoms with Crippen LogP contribution in [-0.2, 0) is 3.07 Å². The second-order valence-electron chi connectivity index (χ2n) is 4.47. The minimum Gasteiger partial charge on any atom is -1.00 e. The molecule has 0 aromatic rings. The molecule has 1 atom stereocenters. The Bertz CT molecular complexity index is 134. The van der Waals surface area contributed by atoms with Crippen LogP contribution >= 0.6 is 0 Å². The van der Waals surface area contributed by atoms with Crippen molar-refractivity contribution in [3.63, 3.8) is 0 Å². The summed E-state index contributed by atoms with van der Waals surface area (Å²) in [6.45, 7) is 9.78. The molecule has 2 N–H and O–H groups in total. The molecule has 15 heavy (non-hydrogen) atoms. The molecule has 0 saturated carbocycles. The number of nitrogens with two attached hydrogens (primary N) is 1. The SMILES string of the molecule is C[CH2][Sn+]([CH2]CCC(C)N)[O]CC(C)C.[Cl-]. The summed E-state index contributed by atoms with van der Waals surface area (Å²) in [6.07, 6.45) is 2.44. The van der Waals surface area contributed by atoms with E-state index in [2.05, 4.69) is 27.7 Å². The van der Waals surface area contributed by atoms with Crippen LogP contribution in [0.2, 0.25) is 8.87 Å². The van der Waals surface area contributed by atoms with Crippen molar-refractivity contribution in [2.24, 2.45) is 11.7 Å². The summed E-state index contributed by atoms with van der Waals surface area (Å²) >= 11 is -1.43. The minimum absolute atomic E-state index is 0. The van der Waals surface area contributed by atoms with Crippen molar-refractivity contribution in [1.29, 1.82) is 0 Å². The smallest absolute Gasteiger partial charge is 1.00 e. The van der Waals surface area contributed by atoms with Crippen molar-refractivity contribution in [1.82, 2.24) is 0 Å². The van der Waals surface area contributed by atoms with Crippen LogP contribution in [-0.4, -0.2) is 32.8 Å². The van der Waals surface area contributed by atoms with Crippen LogP contribution in [0.15, 0.2) is 0 Å². The zero-order valence-corrected chi connectivity index (χ0v) is 14.2. The van der Waals surface area contributed by atoms with Gasteiger partial charge in [-0.05, 0) is 0 Å². The summed E-state index contributed by atoms with van der Waals surface area (Å²) in [5.74, 6) is 0.686. The van der Waals surface area contributed by atoms with Crippen LogP contribution < -0.4 is 18.1 Å². The zero-order chi connectivity index (χ0) is 11.0. The fraction of sp³-hybridized carbons (Fsp3) is 1.00. The van der Waals surface area contributed by atoms with Crippen LogP contribution in [0.1, 0.15) is 40.5 Å². The van der Waals surface area contributed by atoms with E-state index in [4.69, 9.17) is 8.81 Å². The van der Waals surface area contributed by atoms with E-state index < -0.39 is 20.2 Å². The van der Waals surface area contributed by atoms with Crippen LogP contribution in [0.4, 0.5) is 0 Å². The fourth-order valence-corrected chi connectivity index (χ4v) is 6.59. The molecule has 0 aromatic heterocycles. The van der Waals surface area contributed by atoms with Crippen molar-refractivity contribution in [2.75, 3.05) is 6.61 Å². The number of hydrogen-bond acceptors (Lipinski definition) is 2. The third-order valence-corrected chi connectivity index (χ3v) is 8.62. The van der Waals surface area contributed by atoms with Crippen molar-refractivity contribution in [3.8, 4) is 0 Å². The molecule has 2 nitrogen and oxygen atoms in total. The average molecular weight is 342 g/mol. The monoisotopic (exact) mass is 343 g/mol. The molecule has 0 rings (SSSR count). The van der Waals surface area contributed by atoms with E-state index >= 15 is 0 Å². The van der Waals surface area contributed by atoms with E-state index in [1.807, 2.05) is 0 Å². The van der Waals surface area contributed by atoms with Crippen molar-refractivity contribution in [3.05, 3.63) is 0 Å². The molecule has 4 heteroatoms. The molecule has 0 fully saturated rings. The Morgan fingerprint density at radius 3 is 2.27 bits per heavy atom. The number of halogens is 1. The van der Waals surface area contributed by atoms with E-state index in [1.165, 1.54) is 15.3 Å². The maximum absolute atomic E-state index is 5.99. The fourth-order valence-electron chi connectivity index (χ4n) is 1.26. The van der Waals surface area contributed by atoms with Gasteiger partial charge in [-0.15, -0.1) is 0 Å². The molecule has 0 saturated heterocycles. The van der Waals surface area contributed by atoms with Crippen LogP contribution in [0.5, 0.6) is 0 Å². The van der Waals surface area contributed by atoms with Crippen molar-refractivity contribution >= 4 is 20.2 Å². The van der Waals surface area contributed by atoms with E-state index in [9.17, 15) is 0 Å². The Morgan fingerprint density at radius 2 is 1.87 bits per heavy atom. The summed E-state index contributed by atoms with van der Waals surface area (Å²) in [4.78, 5) is 0. The van der Waals surface area contributed by atoms with Gasteiger partial charge in [-0.3, -0.25) is 0 Å². The predicted octanol–water partition coefficient (Wildman–Crippen LogP) is -0.198. The quantitative estimate of drug-likeness (QED) is 0.620. The molecule has 0 aliphatic rings. The van der Waals surface area contributed by atoms with Gasteiger partial charge in [-0.1, -0.05) is 0 Å². The Balaban J connectivity index is 0. The standard InChI is InChI=1S/C5H12N.C4H9O.C2H5.ClH.Sn/c1-3-4-5(2)6;1-4(2)3-5;1-2;;/h5H,1,3-4,6H2,2H3;4H,3H2,1-2H3;1H2,2H3;1H;/q;-1;;;+2/p-1. The minimum atomic E-state index is -1.43. The molecular weight excluding hydrogens is 316 g/mol.